The van der Waals surface area contributed by atoms with Gasteiger partial charge < -0.3 is 29.8 Å². The highest BCUT2D eigenvalue weighted by Gasteiger charge is 2.42. The summed E-state index contributed by atoms with van der Waals surface area (Å²) in [5.41, 5.74) is 4.02. The second-order valence-corrected chi connectivity index (χ2v) is 6.84. The molecular formula is C12H24NO7P. The van der Waals surface area contributed by atoms with Gasteiger partial charge in [-0.1, -0.05) is 12.8 Å². The number of carboxylic acid groups (broad SMARTS) is 2. The molecule has 0 aromatic rings. The highest BCUT2D eigenvalue weighted by Crippen LogP contribution is 2.54. The molecule has 4 N–H and O–H groups in total. The quantitative estimate of drug-likeness (QED) is 0.510. The van der Waals surface area contributed by atoms with E-state index in [0.717, 1.165) is 12.8 Å². The van der Waals surface area contributed by atoms with Gasteiger partial charge in [0.05, 0.1) is 13.2 Å². The summed E-state index contributed by atoms with van der Waals surface area (Å²) in [5.74, 6) is -3.79. The first-order valence-electron chi connectivity index (χ1n) is 6.94. The average Bonchev–Trinajstić information content (AvgIpc) is 2.92. The Morgan fingerprint density at radius 1 is 1.29 bits per heavy atom. The van der Waals surface area contributed by atoms with Gasteiger partial charge in [-0.05, 0) is 26.7 Å². The van der Waals surface area contributed by atoms with Crippen LogP contribution in [0, 0.1) is 5.92 Å². The fourth-order valence-corrected chi connectivity index (χ4v) is 4.18. The van der Waals surface area contributed by atoms with Gasteiger partial charge in [-0.3, -0.25) is 4.57 Å². The summed E-state index contributed by atoms with van der Waals surface area (Å²) in [5, 5.41) is 16.3. The lowest BCUT2D eigenvalue weighted by Gasteiger charge is -2.24. The molecule has 8 nitrogen and oxygen atoms in total. The average molecular weight is 325 g/mol. The van der Waals surface area contributed by atoms with Crippen molar-refractivity contribution < 1.29 is 39.1 Å². The van der Waals surface area contributed by atoms with Crippen molar-refractivity contribution in [2.75, 3.05) is 13.2 Å². The summed E-state index contributed by atoms with van der Waals surface area (Å²) in [6.45, 7) is 4.53. The summed E-state index contributed by atoms with van der Waals surface area (Å²) in [6, 6.07) is 0. The topological polar surface area (TPSA) is 141 Å². The number of hydrogen-bond acceptors (Lipinski definition) is 6. The van der Waals surface area contributed by atoms with Crippen molar-refractivity contribution in [3.8, 4) is 0 Å². The largest absolute Gasteiger partial charge is 0.539 e. The Balaban J connectivity index is 0.000000567. The van der Waals surface area contributed by atoms with Gasteiger partial charge in [0.25, 0.3) is 0 Å². The Morgan fingerprint density at radius 2 is 1.67 bits per heavy atom. The molecule has 1 atom stereocenters. The van der Waals surface area contributed by atoms with E-state index in [-0.39, 0.29) is 5.78 Å². The zero-order chi connectivity index (χ0) is 16.5. The summed E-state index contributed by atoms with van der Waals surface area (Å²) >= 11 is 0. The highest BCUT2D eigenvalue weighted by molar-refractivity contribution is 7.54. The summed E-state index contributed by atoms with van der Waals surface area (Å²) in [7, 11) is -2.97. The van der Waals surface area contributed by atoms with Crippen LogP contribution in [-0.4, -0.2) is 36.0 Å². The lowest BCUT2D eigenvalue weighted by molar-refractivity contribution is -0.406. The van der Waals surface area contributed by atoms with Gasteiger partial charge >= 0.3 is 13.6 Å². The number of quaternary nitrogens is 1. The monoisotopic (exact) mass is 325 g/mol. The van der Waals surface area contributed by atoms with Crippen LogP contribution in [-0.2, 0) is 23.2 Å². The molecule has 0 aromatic heterocycles. The maximum Gasteiger partial charge on any atom is 0.387 e. The minimum Gasteiger partial charge on any atom is -0.539 e. The SMILES string of the molecule is CCOP(=O)(OCC)C([NH3+])C1CCCC1.O=C([O-])C(=O)O. The van der Waals surface area contributed by atoms with Gasteiger partial charge in [0, 0.05) is 5.92 Å². The summed E-state index contributed by atoms with van der Waals surface area (Å²) < 4.78 is 23.0. The van der Waals surface area contributed by atoms with Crippen LogP contribution in [0.4, 0.5) is 0 Å². The van der Waals surface area contributed by atoms with E-state index in [9.17, 15) is 4.57 Å². The van der Waals surface area contributed by atoms with Crippen molar-refractivity contribution in [2.24, 2.45) is 5.92 Å². The predicted octanol–water partition coefficient (Wildman–Crippen LogP) is -0.168. The molecule has 0 aromatic carbocycles. The maximum absolute atomic E-state index is 12.4. The molecule has 0 saturated heterocycles. The van der Waals surface area contributed by atoms with Crippen molar-refractivity contribution in [3.05, 3.63) is 0 Å². The fourth-order valence-electron chi connectivity index (χ4n) is 2.19. The molecule has 0 bridgehead atoms. The highest BCUT2D eigenvalue weighted by atomic mass is 31.2. The molecule has 0 spiro atoms. The Bertz CT molecular complexity index is 360. The third kappa shape index (κ3) is 7.04. The molecule has 21 heavy (non-hydrogen) atoms. The van der Waals surface area contributed by atoms with Crippen LogP contribution >= 0.6 is 7.60 Å². The standard InChI is InChI=1S/C10H22NO3P.C2H2O4/c1-3-13-15(12,14-4-2)10(11)9-7-5-6-8-9;3-1(4)2(5)6/h9-10H,3-8,11H2,1-2H3;(H,3,4)(H,5,6). The maximum atomic E-state index is 12.4. The normalized spacial score (nSPS) is 16.9. The van der Waals surface area contributed by atoms with Gasteiger partial charge in [-0.2, -0.15) is 0 Å². The van der Waals surface area contributed by atoms with E-state index in [4.69, 9.17) is 28.8 Å². The molecule has 1 rings (SSSR count). The van der Waals surface area contributed by atoms with E-state index in [1.807, 2.05) is 13.8 Å². The van der Waals surface area contributed by atoms with Gasteiger partial charge in [-0.15, -0.1) is 0 Å². The molecule has 1 fully saturated rings. The minimum atomic E-state index is -2.97. The van der Waals surface area contributed by atoms with E-state index >= 15 is 0 Å². The van der Waals surface area contributed by atoms with Crippen LogP contribution in [0.5, 0.6) is 0 Å². The van der Waals surface area contributed by atoms with E-state index in [1.165, 1.54) is 12.8 Å². The molecule has 0 aliphatic heterocycles. The van der Waals surface area contributed by atoms with Crippen LogP contribution in [0.1, 0.15) is 39.5 Å². The van der Waals surface area contributed by atoms with Gasteiger partial charge in [0.15, 0.2) is 11.8 Å². The van der Waals surface area contributed by atoms with E-state index < -0.39 is 19.5 Å². The molecule has 124 valence electrons. The van der Waals surface area contributed by atoms with Gasteiger partial charge in [0.2, 0.25) is 0 Å². The number of hydrogen-bond donors (Lipinski definition) is 2. The van der Waals surface area contributed by atoms with E-state index in [2.05, 4.69) is 5.73 Å². The van der Waals surface area contributed by atoms with E-state index in [0.29, 0.717) is 19.1 Å². The summed E-state index contributed by atoms with van der Waals surface area (Å²) in [6.07, 6.45) is 4.65. The Kier molecular flexibility index (Phi) is 9.44. The molecular weight excluding hydrogens is 301 g/mol. The van der Waals surface area contributed by atoms with Crippen LogP contribution in [0.2, 0.25) is 0 Å². The van der Waals surface area contributed by atoms with Crippen molar-refractivity contribution in [2.45, 2.75) is 45.3 Å². The zero-order valence-corrected chi connectivity index (χ0v) is 13.3. The molecule has 1 aliphatic carbocycles. The van der Waals surface area contributed by atoms with Gasteiger partial charge in [0.1, 0.15) is 0 Å². The molecule has 9 heteroatoms. The van der Waals surface area contributed by atoms with Crippen LogP contribution in [0.3, 0.4) is 0 Å². The first-order chi connectivity index (χ1) is 9.78. The minimum absolute atomic E-state index is 0.195. The molecule has 1 aliphatic rings. The van der Waals surface area contributed by atoms with Crippen LogP contribution < -0.4 is 10.8 Å². The molecule has 0 radical (unpaired) electrons. The first kappa shape index (κ1) is 20.1. The smallest absolute Gasteiger partial charge is 0.387 e. The second kappa shape index (κ2) is 9.89. The number of carbonyl (C=O) groups is 2. The van der Waals surface area contributed by atoms with Crippen molar-refractivity contribution >= 4 is 19.5 Å². The van der Waals surface area contributed by atoms with Crippen molar-refractivity contribution in [1.82, 2.24) is 0 Å². The summed E-state index contributed by atoms with van der Waals surface area (Å²) in [4.78, 5) is 18.0. The molecule has 0 amide bonds. The predicted molar refractivity (Wildman–Crippen MR) is 72.1 cm³/mol. The van der Waals surface area contributed by atoms with Crippen LogP contribution in [0.15, 0.2) is 0 Å². The first-order valence-corrected chi connectivity index (χ1v) is 8.55. The Hall–Kier alpha value is -0.950. The number of carbonyl (C=O) groups excluding carboxylic acids is 1. The third-order valence-corrected chi connectivity index (χ3v) is 5.61. The lowest BCUT2D eigenvalue weighted by Crippen LogP contribution is -2.63. The zero-order valence-electron chi connectivity index (χ0n) is 12.4. The Labute approximate surface area is 124 Å². The third-order valence-electron chi connectivity index (χ3n) is 3.14. The second-order valence-electron chi connectivity index (χ2n) is 4.58. The number of rotatable bonds is 6. The van der Waals surface area contributed by atoms with Gasteiger partial charge in [-0.25, -0.2) is 4.79 Å². The molecule has 0 heterocycles. The fraction of sp³-hybridized carbons (Fsp3) is 0.833. The number of carboxylic acids is 2. The molecule has 1 saturated carbocycles. The van der Waals surface area contributed by atoms with E-state index in [1.54, 1.807) is 0 Å². The number of aliphatic carboxylic acids is 2. The van der Waals surface area contributed by atoms with Crippen molar-refractivity contribution in [3.63, 3.8) is 0 Å². The molecule has 1 unspecified atom stereocenters. The van der Waals surface area contributed by atoms with Crippen LogP contribution in [0.25, 0.3) is 0 Å². The Morgan fingerprint density at radius 3 is 1.95 bits per heavy atom. The van der Waals surface area contributed by atoms with Crippen molar-refractivity contribution in [1.29, 1.82) is 0 Å². The lowest BCUT2D eigenvalue weighted by atomic mass is 10.1.